The van der Waals surface area contributed by atoms with Crippen LogP contribution in [0.1, 0.15) is 18.7 Å². The molecule has 6 aromatic rings. The predicted octanol–water partition coefficient (Wildman–Crippen LogP) is 6.80. The van der Waals surface area contributed by atoms with Gasteiger partial charge in [-0.05, 0) is 43.3 Å². The van der Waals surface area contributed by atoms with Gasteiger partial charge in [0.25, 0.3) is 0 Å². The fourth-order valence-corrected chi connectivity index (χ4v) is 5.20. The molecular formula is C28H24N6OS. The predicted molar refractivity (Wildman–Crippen MR) is 146 cm³/mol. The fourth-order valence-electron chi connectivity index (χ4n) is 4.29. The van der Waals surface area contributed by atoms with Gasteiger partial charge in [0.1, 0.15) is 5.69 Å². The van der Waals surface area contributed by atoms with Gasteiger partial charge in [-0.1, -0.05) is 26.0 Å². The average Bonchev–Trinajstić information content (AvgIpc) is 3.61. The van der Waals surface area contributed by atoms with E-state index in [1.165, 1.54) is 15.3 Å². The Balaban J connectivity index is 1.41. The van der Waals surface area contributed by atoms with E-state index in [2.05, 4.69) is 73.8 Å². The van der Waals surface area contributed by atoms with Crippen LogP contribution in [0.15, 0.2) is 67.1 Å². The van der Waals surface area contributed by atoms with Crippen molar-refractivity contribution >= 4 is 44.7 Å². The number of amides is 1. The Hall–Kier alpha value is -4.30. The van der Waals surface area contributed by atoms with E-state index in [4.69, 9.17) is 0 Å². The van der Waals surface area contributed by atoms with Gasteiger partial charge in [-0.3, -0.25) is 19.9 Å². The molecule has 0 fully saturated rings. The highest BCUT2D eigenvalue weighted by molar-refractivity contribution is 7.15. The number of aromatic amines is 2. The number of fused-ring (bicyclic) bond motifs is 2. The lowest BCUT2D eigenvalue weighted by Gasteiger charge is -2.08. The lowest BCUT2D eigenvalue weighted by atomic mass is 10.1. The minimum atomic E-state index is -0.114. The molecule has 0 radical (unpaired) electrons. The molecule has 1 aromatic carbocycles. The largest absolute Gasteiger partial charge is 0.353 e. The average molecular weight is 493 g/mol. The number of H-pyrrole nitrogens is 2. The second-order valence-corrected chi connectivity index (χ2v) is 10.4. The molecule has 0 spiro atoms. The van der Waals surface area contributed by atoms with Gasteiger partial charge in [0.2, 0.25) is 5.91 Å². The molecule has 0 aliphatic heterocycles. The summed E-state index contributed by atoms with van der Waals surface area (Å²) in [6.07, 6.45) is 5.17. The molecule has 178 valence electrons. The molecule has 1 amide bonds. The molecule has 0 saturated carbocycles. The Labute approximate surface area is 211 Å². The van der Waals surface area contributed by atoms with E-state index in [1.54, 1.807) is 29.9 Å². The SMILES string of the molecule is Cc1ccc(-c2cccc3[nH]c(-c4n[nH]c5cnc(-c6cncc(NC(=O)C(C)C)c6)cc45)cc23)s1. The lowest BCUT2D eigenvalue weighted by Crippen LogP contribution is -2.17. The molecular weight excluding hydrogens is 468 g/mol. The first-order chi connectivity index (χ1) is 17.5. The molecule has 6 rings (SSSR count). The number of thiophene rings is 1. The number of pyridine rings is 2. The van der Waals surface area contributed by atoms with Crippen molar-refractivity contribution in [3.63, 3.8) is 0 Å². The third kappa shape index (κ3) is 3.95. The number of aryl methyl sites for hydroxylation is 1. The summed E-state index contributed by atoms with van der Waals surface area (Å²) in [5.41, 5.74) is 7.10. The van der Waals surface area contributed by atoms with Crippen molar-refractivity contribution in [2.75, 3.05) is 5.32 Å². The summed E-state index contributed by atoms with van der Waals surface area (Å²) in [6.45, 7) is 5.84. The number of carbonyl (C=O) groups is 1. The molecule has 5 heterocycles. The molecule has 5 aromatic heterocycles. The van der Waals surface area contributed by atoms with E-state index >= 15 is 0 Å². The summed E-state index contributed by atoms with van der Waals surface area (Å²) in [6, 6.07) is 16.7. The van der Waals surface area contributed by atoms with Gasteiger partial charge in [0.15, 0.2) is 0 Å². The highest BCUT2D eigenvalue weighted by Crippen LogP contribution is 2.37. The number of anilines is 1. The topological polar surface area (TPSA) is 99.3 Å². The summed E-state index contributed by atoms with van der Waals surface area (Å²) in [7, 11) is 0. The van der Waals surface area contributed by atoms with Gasteiger partial charge in [-0.25, -0.2) is 0 Å². The van der Waals surface area contributed by atoms with Gasteiger partial charge in [0.05, 0.1) is 35.0 Å². The maximum absolute atomic E-state index is 12.1. The summed E-state index contributed by atoms with van der Waals surface area (Å²) >= 11 is 1.79. The van der Waals surface area contributed by atoms with Crippen molar-refractivity contribution in [1.82, 2.24) is 25.1 Å². The maximum Gasteiger partial charge on any atom is 0.226 e. The van der Waals surface area contributed by atoms with Crippen LogP contribution in [0.4, 0.5) is 5.69 Å². The van der Waals surface area contributed by atoms with E-state index in [-0.39, 0.29) is 11.8 Å². The third-order valence-corrected chi connectivity index (χ3v) is 7.23. The van der Waals surface area contributed by atoms with Crippen molar-refractivity contribution in [1.29, 1.82) is 0 Å². The van der Waals surface area contributed by atoms with Crippen LogP contribution in [-0.4, -0.2) is 31.1 Å². The van der Waals surface area contributed by atoms with Gasteiger partial charge in [-0.2, -0.15) is 5.10 Å². The monoisotopic (exact) mass is 492 g/mol. The first-order valence-corrected chi connectivity index (χ1v) is 12.6. The van der Waals surface area contributed by atoms with E-state index in [1.807, 2.05) is 26.0 Å². The number of carbonyl (C=O) groups excluding carboxylic acids is 1. The molecule has 0 aliphatic rings. The zero-order valence-electron chi connectivity index (χ0n) is 20.1. The fraction of sp³-hybridized carbons (Fsp3) is 0.143. The van der Waals surface area contributed by atoms with Gasteiger partial charge in [-0.15, -0.1) is 11.3 Å². The molecule has 7 nitrogen and oxygen atoms in total. The van der Waals surface area contributed by atoms with Gasteiger partial charge < -0.3 is 10.3 Å². The van der Waals surface area contributed by atoms with Crippen molar-refractivity contribution in [3.05, 3.63) is 72.0 Å². The molecule has 36 heavy (non-hydrogen) atoms. The number of aromatic nitrogens is 5. The Morgan fingerprint density at radius 2 is 1.89 bits per heavy atom. The Morgan fingerprint density at radius 1 is 1.00 bits per heavy atom. The first kappa shape index (κ1) is 22.2. The second-order valence-electron chi connectivity index (χ2n) is 9.15. The summed E-state index contributed by atoms with van der Waals surface area (Å²) < 4.78 is 0. The summed E-state index contributed by atoms with van der Waals surface area (Å²) in [5, 5.41) is 12.7. The Bertz CT molecular complexity index is 1740. The zero-order valence-corrected chi connectivity index (χ0v) is 20.9. The van der Waals surface area contributed by atoms with Crippen molar-refractivity contribution < 1.29 is 4.79 Å². The standard InChI is InChI=1S/C28H24N6OS/c1-15(2)28(35)31-18-9-17(12-29-13-18)23-11-21-25(14-30-23)33-34-27(21)24-10-20-19(5-4-6-22(20)32-24)26-8-7-16(3)36-26/h4-15,32H,1-3H3,(H,31,35)(H,33,34). The lowest BCUT2D eigenvalue weighted by molar-refractivity contribution is -0.118. The van der Waals surface area contributed by atoms with Crippen LogP contribution in [0, 0.1) is 12.8 Å². The highest BCUT2D eigenvalue weighted by atomic mass is 32.1. The quantitative estimate of drug-likeness (QED) is 0.246. The van der Waals surface area contributed by atoms with Crippen molar-refractivity contribution in [2.24, 2.45) is 5.92 Å². The molecule has 0 aliphatic carbocycles. The van der Waals surface area contributed by atoms with E-state index in [0.717, 1.165) is 44.5 Å². The number of rotatable bonds is 5. The summed E-state index contributed by atoms with van der Waals surface area (Å²) in [5.74, 6) is -0.164. The second kappa shape index (κ2) is 8.73. The molecule has 0 bridgehead atoms. The number of nitrogens with zero attached hydrogens (tertiary/aromatic N) is 3. The van der Waals surface area contributed by atoms with Crippen LogP contribution < -0.4 is 5.32 Å². The molecule has 3 N–H and O–H groups in total. The smallest absolute Gasteiger partial charge is 0.226 e. The van der Waals surface area contributed by atoms with Crippen LogP contribution in [0.25, 0.3) is 54.9 Å². The number of benzene rings is 1. The van der Waals surface area contributed by atoms with Crippen molar-refractivity contribution in [3.8, 4) is 33.1 Å². The van der Waals surface area contributed by atoms with Gasteiger partial charge in [0, 0.05) is 49.3 Å². The van der Waals surface area contributed by atoms with Gasteiger partial charge >= 0.3 is 0 Å². The molecule has 0 saturated heterocycles. The maximum atomic E-state index is 12.1. The van der Waals surface area contributed by atoms with Crippen LogP contribution in [-0.2, 0) is 4.79 Å². The first-order valence-electron chi connectivity index (χ1n) is 11.8. The molecule has 8 heteroatoms. The van der Waals surface area contributed by atoms with Crippen molar-refractivity contribution in [2.45, 2.75) is 20.8 Å². The van der Waals surface area contributed by atoms with E-state index < -0.39 is 0 Å². The van der Waals surface area contributed by atoms with Crippen LogP contribution in [0.2, 0.25) is 0 Å². The molecule has 0 atom stereocenters. The van der Waals surface area contributed by atoms with Crippen LogP contribution >= 0.6 is 11.3 Å². The van der Waals surface area contributed by atoms with E-state index in [9.17, 15) is 4.79 Å². The Morgan fingerprint density at radius 3 is 2.69 bits per heavy atom. The Kier molecular flexibility index (Phi) is 5.38. The number of hydrogen-bond donors (Lipinski definition) is 3. The third-order valence-electron chi connectivity index (χ3n) is 6.20. The van der Waals surface area contributed by atoms with Crippen LogP contribution in [0.5, 0.6) is 0 Å². The zero-order chi connectivity index (χ0) is 24.8. The van der Waals surface area contributed by atoms with Crippen LogP contribution in [0.3, 0.4) is 0 Å². The highest BCUT2D eigenvalue weighted by Gasteiger charge is 2.16. The normalized spacial score (nSPS) is 11.6. The number of nitrogens with one attached hydrogen (secondary N) is 3. The molecule has 0 unspecified atom stereocenters. The number of hydrogen-bond acceptors (Lipinski definition) is 5. The minimum Gasteiger partial charge on any atom is -0.353 e. The summed E-state index contributed by atoms with van der Waals surface area (Å²) in [4.78, 5) is 27.1. The minimum absolute atomic E-state index is 0.0506. The van der Waals surface area contributed by atoms with E-state index in [0.29, 0.717) is 5.69 Å².